The summed E-state index contributed by atoms with van der Waals surface area (Å²) in [4.78, 5) is 15.0. The number of nitrogens with zero attached hydrogens (tertiary/aromatic N) is 3. The topological polar surface area (TPSA) is 65.0 Å². The molecule has 0 radical (unpaired) electrons. The molecule has 0 saturated heterocycles. The molecule has 5 heteroatoms. The van der Waals surface area contributed by atoms with Gasteiger partial charge >= 0.3 is 0 Å². The van der Waals surface area contributed by atoms with Crippen molar-refractivity contribution in [2.45, 2.75) is 6.42 Å². The summed E-state index contributed by atoms with van der Waals surface area (Å²) in [7, 11) is 0. The van der Waals surface area contributed by atoms with Gasteiger partial charge < -0.3 is 8.83 Å². The molecule has 0 saturated carbocycles. The molecule has 0 unspecified atom stereocenters. The first kappa shape index (κ1) is 30.7. The van der Waals surface area contributed by atoms with Crippen molar-refractivity contribution >= 4 is 66.8 Å². The van der Waals surface area contributed by atoms with Crippen LogP contribution in [0.4, 0.5) is 0 Å². The van der Waals surface area contributed by atoms with Gasteiger partial charge in [0.2, 0.25) is 0 Å². The highest BCUT2D eigenvalue weighted by Crippen LogP contribution is 2.41. The molecule has 0 fully saturated rings. The normalized spacial score (nSPS) is 11.8. The predicted octanol–water partition coefficient (Wildman–Crippen LogP) is 12.7. The third kappa shape index (κ3) is 5.38. The third-order valence-electron chi connectivity index (χ3n) is 9.94. The van der Waals surface area contributed by atoms with Gasteiger partial charge in [-0.25, -0.2) is 15.0 Å². The van der Waals surface area contributed by atoms with E-state index in [1.54, 1.807) is 0 Å². The second-order valence-electron chi connectivity index (χ2n) is 13.2. The average molecular weight is 682 g/mol. The first-order valence-corrected chi connectivity index (χ1v) is 17.7. The molecule has 0 N–H and O–H groups in total. The van der Waals surface area contributed by atoms with Crippen molar-refractivity contribution in [2.75, 3.05) is 0 Å². The van der Waals surface area contributed by atoms with E-state index in [0.29, 0.717) is 23.9 Å². The highest BCUT2D eigenvalue weighted by atomic mass is 16.3. The number of hydrogen-bond acceptors (Lipinski definition) is 5. The van der Waals surface area contributed by atoms with Crippen LogP contribution in [-0.4, -0.2) is 15.0 Å². The fourth-order valence-corrected chi connectivity index (χ4v) is 7.42. The maximum Gasteiger partial charge on any atom is 0.164 e. The van der Waals surface area contributed by atoms with Crippen molar-refractivity contribution in [1.82, 2.24) is 15.0 Å². The number of allylic oxidation sites excluding steroid dienone is 1. The van der Waals surface area contributed by atoms with Gasteiger partial charge in [-0.15, -0.1) is 0 Å². The smallest absolute Gasteiger partial charge is 0.164 e. The van der Waals surface area contributed by atoms with Gasteiger partial charge in [-0.2, -0.15) is 0 Å². The standard InChI is InChI=1S/C48H31N3O2/c1-2-30-13-6-7-14-31(30)19-10-24-44-49-47(32-15-4-3-5-16-32)51-48(50-44)38-21-12-23-41-46(38)37-26-25-35(29-42(37)52-41)36-20-11-22-40-45(36)39-27-33-17-8-9-18-34(33)28-43(39)53-40/h2-23,25-29H,1,24H2/b19-10-. The molecule has 10 aromatic rings. The zero-order valence-electron chi connectivity index (χ0n) is 28.7. The Hall–Kier alpha value is -7.11. The van der Waals surface area contributed by atoms with Crippen molar-refractivity contribution in [3.05, 3.63) is 175 Å². The average Bonchev–Trinajstić information content (AvgIpc) is 3.78. The molecule has 0 amide bonds. The van der Waals surface area contributed by atoms with Crippen LogP contribution in [0.3, 0.4) is 0 Å². The molecule has 0 spiro atoms. The monoisotopic (exact) mass is 681 g/mol. The first-order valence-electron chi connectivity index (χ1n) is 17.7. The third-order valence-corrected chi connectivity index (χ3v) is 9.94. The summed E-state index contributed by atoms with van der Waals surface area (Å²) in [6.45, 7) is 3.96. The minimum absolute atomic E-state index is 0.538. The van der Waals surface area contributed by atoms with Crippen molar-refractivity contribution < 1.29 is 8.83 Å². The Morgan fingerprint density at radius 1 is 0.491 bits per heavy atom. The lowest BCUT2D eigenvalue weighted by molar-refractivity contribution is 0.668. The lowest BCUT2D eigenvalue weighted by atomic mass is 9.97. The Labute approximate surface area is 305 Å². The van der Waals surface area contributed by atoms with E-state index in [4.69, 9.17) is 23.8 Å². The molecule has 0 atom stereocenters. The van der Waals surface area contributed by atoms with Crippen LogP contribution in [0.1, 0.15) is 17.0 Å². The van der Waals surface area contributed by atoms with Gasteiger partial charge in [0.1, 0.15) is 28.2 Å². The number of furan rings is 2. The lowest BCUT2D eigenvalue weighted by Crippen LogP contribution is -2.02. The lowest BCUT2D eigenvalue weighted by Gasteiger charge is -2.08. The molecule has 53 heavy (non-hydrogen) atoms. The highest BCUT2D eigenvalue weighted by Gasteiger charge is 2.19. The number of hydrogen-bond donors (Lipinski definition) is 0. The van der Waals surface area contributed by atoms with E-state index < -0.39 is 0 Å². The Morgan fingerprint density at radius 2 is 1.15 bits per heavy atom. The molecule has 0 aliphatic carbocycles. The van der Waals surface area contributed by atoms with E-state index in [1.165, 1.54) is 5.39 Å². The molecule has 0 aliphatic rings. The second kappa shape index (κ2) is 12.6. The number of aromatic nitrogens is 3. The van der Waals surface area contributed by atoms with Gasteiger partial charge in [-0.1, -0.05) is 134 Å². The summed E-state index contributed by atoms with van der Waals surface area (Å²) >= 11 is 0. The highest BCUT2D eigenvalue weighted by molar-refractivity contribution is 6.17. The maximum atomic E-state index is 6.58. The fourth-order valence-electron chi connectivity index (χ4n) is 7.42. The van der Waals surface area contributed by atoms with Crippen LogP contribution in [0.5, 0.6) is 0 Å². The van der Waals surface area contributed by atoms with Crippen LogP contribution in [0.2, 0.25) is 0 Å². The molecule has 7 aromatic carbocycles. The van der Waals surface area contributed by atoms with Crippen LogP contribution in [0, 0.1) is 0 Å². The minimum atomic E-state index is 0.538. The van der Waals surface area contributed by atoms with Crippen LogP contribution < -0.4 is 0 Å². The number of fused-ring (bicyclic) bond motifs is 7. The first-order chi connectivity index (χ1) is 26.2. The minimum Gasteiger partial charge on any atom is -0.456 e. The van der Waals surface area contributed by atoms with Crippen molar-refractivity contribution in [3.63, 3.8) is 0 Å². The zero-order valence-corrected chi connectivity index (χ0v) is 28.7. The zero-order chi connectivity index (χ0) is 35.3. The van der Waals surface area contributed by atoms with Gasteiger partial charge in [0.05, 0.1) is 0 Å². The summed E-state index contributed by atoms with van der Waals surface area (Å²) in [5.74, 6) is 1.92. The van der Waals surface area contributed by atoms with E-state index in [2.05, 4.69) is 104 Å². The molecule has 250 valence electrons. The van der Waals surface area contributed by atoms with Crippen LogP contribution in [0.15, 0.2) is 167 Å². The Bertz CT molecular complexity index is 3060. The molecule has 3 aromatic heterocycles. The summed E-state index contributed by atoms with van der Waals surface area (Å²) in [6, 6.07) is 49.8. The molecular formula is C48H31N3O2. The SMILES string of the molecule is C=Cc1ccccc1/C=C\Cc1nc(-c2ccccc2)nc(-c2cccc3oc4cc(-c5cccc6oc7cc8ccccc8cc7c56)ccc4c23)n1. The summed E-state index contributed by atoms with van der Waals surface area (Å²) < 4.78 is 13.0. The van der Waals surface area contributed by atoms with E-state index in [0.717, 1.165) is 82.6 Å². The van der Waals surface area contributed by atoms with Gasteiger partial charge in [0, 0.05) is 39.1 Å². The predicted molar refractivity (Wildman–Crippen MR) is 217 cm³/mol. The van der Waals surface area contributed by atoms with Gasteiger partial charge in [0.25, 0.3) is 0 Å². The summed E-state index contributed by atoms with van der Waals surface area (Å²) in [6.07, 6.45) is 6.60. The van der Waals surface area contributed by atoms with Crippen molar-refractivity contribution in [1.29, 1.82) is 0 Å². The Balaban J connectivity index is 1.09. The molecule has 0 bridgehead atoms. The Kier molecular flexibility index (Phi) is 7.29. The van der Waals surface area contributed by atoms with Crippen molar-refractivity contribution in [3.8, 4) is 33.9 Å². The van der Waals surface area contributed by atoms with Crippen LogP contribution >= 0.6 is 0 Å². The van der Waals surface area contributed by atoms with Crippen molar-refractivity contribution in [2.24, 2.45) is 0 Å². The molecule has 10 rings (SSSR count). The number of rotatable bonds is 7. The largest absolute Gasteiger partial charge is 0.456 e. The number of benzene rings is 7. The fraction of sp³-hybridized carbons (Fsp3) is 0.0208. The molecule has 3 heterocycles. The van der Waals surface area contributed by atoms with E-state index in [1.807, 2.05) is 66.7 Å². The molecular weight excluding hydrogens is 651 g/mol. The van der Waals surface area contributed by atoms with E-state index in [9.17, 15) is 0 Å². The Morgan fingerprint density at radius 3 is 1.94 bits per heavy atom. The second-order valence-corrected chi connectivity index (χ2v) is 13.2. The van der Waals surface area contributed by atoms with Crippen LogP contribution in [-0.2, 0) is 6.42 Å². The quantitative estimate of drug-likeness (QED) is 0.167. The molecule has 5 nitrogen and oxygen atoms in total. The van der Waals surface area contributed by atoms with E-state index in [-0.39, 0.29) is 0 Å². The van der Waals surface area contributed by atoms with Gasteiger partial charge in [-0.05, 0) is 69.4 Å². The summed E-state index contributed by atoms with van der Waals surface area (Å²) in [5.41, 5.74) is 9.46. The van der Waals surface area contributed by atoms with Gasteiger partial charge in [0.15, 0.2) is 11.6 Å². The van der Waals surface area contributed by atoms with E-state index >= 15 is 0 Å². The van der Waals surface area contributed by atoms with Gasteiger partial charge in [-0.3, -0.25) is 0 Å². The molecule has 0 aliphatic heterocycles. The maximum absolute atomic E-state index is 6.58. The van der Waals surface area contributed by atoms with Crippen LogP contribution in [0.25, 0.3) is 101 Å². The summed E-state index contributed by atoms with van der Waals surface area (Å²) in [5, 5.41) is 6.51.